The number of hydrogen-bond donors (Lipinski definition) is 1. The highest BCUT2D eigenvalue weighted by Crippen LogP contribution is 2.26. The van der Waals surface area contributed by atoms with Crippen LogP contribution in [0.3, 0.4) is 0 Å². The lowest BCUT2D eigenvalue weighted by Gasteiger charge is -2.31. The first-order chi connectivity index (χ1) is 15.7. The lowest BCUT2D eigenvalue weighted by atomic mass is 9.96. The fraction of sp³-hybridized carbons (Fsp3) is 0.269. The Bertz CT molecular complexity index is 1230. The second-order valence-corrected chi connectivity index (χ2v) is 8.47. The predicted octanol–water partition coefficient (Wildman–Crippen LogP) is 5.05. The van der Waals surface area contributed by atoms with Gasteiger partial charge in [-0.3, -0.25) is 9.69 Å². The Morgan fingerprint density at radius 3 is 2.78 bits per heavy atom. The Morgan fingerprint density at radius 2 is 1.91 bits per heavy atom. The van der Waals surface area contributed by atoms with Crippen molar-refractivity contribution in [3.05, 3.63) is 78.2 Å². The van der Waals surface area contributed by atoms with Crippen LogP contribution < -0.4 is 5.32 Å². The van der Waals surface area contributed by atoms with E-state index in [1.54, 1.807) is 0 Å². The molecular weight excluding hydrogens is 400 g/mol. The fourth-order valence-electron chi connectivity index (χ4n) is 4.31. The van der Waals surface area contributed by atoms with E-state index in [2.05, 4.69) is 39.4 Å². The summed E-state index contributed by atoms with van der Waals surface area (Å²) in [5.74, 6) is 1.18. The van der Waals surface area contributed by atoms with Crippen LogP contribution in [0, 0.1) is 12.8 Å². The summed E-state index contributed by atoms with van der Waals surface area (Å²) < 4.78 is 5.49. The summed E-state index contributed by atoms with van der Waals surface area (Å²) >= 11 is 0. The maximum Gasteiger partial charge on any atom is 0.241 e. The quantitative estimate of drug-likeness (QED) is 0.484. The molecule has 5 rings (SSSR count). The number of aryl methyl sites for hydroxylation is 1. The molecule has 0 radical (unpaired) electrons. The Hall–Kier alpha value is -3.51. The summed E-state index contributed by atoms with van der Waals surface area (Å²) in [5.41, 5.74) is 3.00. The molecule has 1 unspecified atom stereocenters. The van der Waals surface area contributed by atoms with Gasteiger partial charge in [-0.2, -0.15) is 4.98 Å². The number of nitrogens with one attached hydrogen (secondary N) is 1. The van der Waals surface area contributed by atoms with Crippen molar-refractivity contribution < 1.29 is 9.32 Å². The summed E-state index contributed by atoms with van der Waals surface area (Å²) in [6.07, 6.45) is 1.85. The highest BCUT2D eigenvalue weighted by molar-refractivity contribution is 6.02. The number of carbonyl (C=O) groups excluding carboxylic acids is 1. The van der Waals surface area contributed by atoms with Crippen LogP contribution in [0.4, 0.5) is 5.69 Å². The SMILES string of the molecule is Cc1ccc(-c2noc(CN3CCCC(C(=O)Nc4cccc5ccccc45)C3)n2)cc1. The summed E-state index contributed by atoms with van der Waals surface area (Å²) in [6, 6.07) is 22.2. The monoisotopic (exact) mass is 426 g/mol. The highest BCUT2D eigenvalue weighted by Gasteiger charge is 2.27. The van der Waals surface area contributed by atoms with Crippen LogP contribution in [0.15, 0.2) is 71.3 Å². The van der Waals surface area contributed by atoms with E-state index in [4.69, 9.17) is 4.52 Å². The van der Waals surface area contributed by atoms with Crippen molar-refractivity contribution >= 4 is 22.4 Å². The minimum atomic E-state index is -0.0674. The number of benzene rings is 3. The molecule has 1 saturated heterocycles. The van der Waals surface area contributed by atoms with Crippen molar-refractivity contribution in [2.45, 2.75) is 26.3 Å². The number of amides is 1. The first-order valence-corrected chi connectivity index (χ1v) is 11.1. The Balaban J connectivity index is 1.23. The van der Waals surface area contributed by atoms with Crippen molar-refractivity contribution in [1.29, 1.82) is 0 Å². The highest BCUT2D eigenvalue weighted by atomic mass is 16.5. The van der Waals surface area contributed by atoms with E-state index in [1.807, 2.05) is 54.6 Å². The van der Waals surface area contributed by atoms with Gasteiger partial charge >= 0.3 is 0 Å². The zero-order valence-corrected chi connectivity index (χ0v) is 18.1. The van der Waals surface area contributed by atoms with Crippen molar-refractivity contribution in [3.8, 4) is 11.4 Å². The molecule has 6 nitrogen and oxygen atoms in total. The Kier molecular flexibility index (Phi) is 5.69. The van der Waals surface area contributed by atoms with Crippen LogP contribution in [0.2, 0.25) is 0 Å². The minimum absolute atomic E-state index is 0.0666. The Morgan fingerprint density at radius 1 is 1.09 bits per heavy atom. The topological polar surface area (TPSA) is 71.3 Å². The average Bonchev–Trinajstić information content (AvgIpc) is 3.28. The van der Waals surface area contributed by atoms with Crippen molar-refractivity contribution in [1.82, 2.24) is 15.0 Å². The van der Waals surface area contributed by atoms with E-state index in [0.29, 0.717) is 24.8 Å². The average molecular weight is 427 g/mol. The van der Waals surface area contributed by atoms with E-state index < -0.39 is 0 Å². The molecule has 6 heteroatoms. The zero-order valence-electron chi connectivity index (χ0n) is 18.1. The molecule has 1 aromatic heterocycles. The number of nitrogens with zero attached hydrogens (tertiary/aromatic N) is 3. The van der Waals surface area contributed by atoms with E-state index in [9.17, 15) is 4.79 Å². The number of hydrogen-bond acceptors (Lipinski definition) is 5. The summed E-state index contributed by atoms with van der Waals surface area (Å²) in [4.78, 5) is 19.8. The molecule has 3 aromatic carbocycles. The van der Waals surface area contributed by atoms with Crippen LogP contribution >= 0.6 is 0 Å². The molecule has 1 amide bonds. The summed E-state index contributed by atoms with van der Waals surface area (Å²) in [6.45, 7) is 4.20. The number of anilines is 1. The van der Waals surface area contributed by atoms with Crippen molar-refractivity contribution in [2.24, 2.45) is 5.92 Å². The van der Waals surface area contributed by atoms with Gasteiger partial charge in [0.1, 0.15) is 0 Å². The third-order valence-electron chi connectivity index (χ3n) is 6.06. The molecule has 162 valence electrons. The molecule has 1 aliphatic heterocycles. The number of aromatic nitrogens is 2. The number of piperidine rings is 1. The van der Waals surface area contributed by atoms with Crippen LogP contribution in [0.5, 0.6) is 0 Å². The third kappa shape index (κ3) is 4.41. The number of fused-ring (bicyclic) bond motifs is 1. The van der Waals surface area contributed by atoms with Gasteiger partial charge in [0, 0.05) is 23.2 Å². The molecule has 0 saturated carbocycles. The number of carbonyl (C=O) groups is 1. The molecule has 4 aromatic rings. The van der Waals surface area contributed by atoms with Crippen molar-refractivity contribution in [3.63, 3.8) is 0 Å². The zero-order chi connectivity index (χ0) is 21.9. The van der Waals surface area contributed by atoms with Crippen molar-refractivity contribution in [2.75, 3.05) is 18.4 Å². The fourth-order valence-corrected chi connectivity index (χ4v) is 4.31. The second kappa shape index (κ2) is 8.93. The molecule has 1 aliphatic rings. The molecule has 2 heterocycles. The van der Waals surface area contributed by atoms with Gasteiger partial charge in [-0.05, 0) is 37.8 Å². The third-order valence-corrected chi connectivity index (χ3v) is 6.06. The van der Waals surface area contributed by atoms with Gasteiger partial charge in [0.25, 0.3) is 0 Å². The van der Waals surface area contributed by atoms with Crippen LogP contribution in [-0.2, 0) is 11.3 Å². The predicted molar refractivity (Wildman–Crippen MR) is 125 cm³/mol. The first-order valence-electron chi connectivity index (χ1n) is 11.1. The second-order valence-electron chi connectivity index (χ2n) is 8.47. The van der Waals surface area contributed by atoms with Crippen LogP contribution in [0.25, 0.3) is 22.2 Å². The van der Waals surface area contributed by atoms with Gasteiger partial charge in [-0.25, -0.2) is 0 Å². The van der Waals surface area contributed by atoms with Gasteiger partial charge in [-0.15, -0.1) is 0 Å². The molecule has 0 bridgehead atoms. The van der Waals surface area contributed by atoms with E-state index >= 15 is 0 Å². The van der Waals surface area contributed by atoms with Gasteiger partial charge in [0.05, 0.1) is 12.5 Å². The normalized spacial score (nSPS) is 16.8. The summed E-state index contributed by atoms with van der Waals surface area (Å²) in [5, 5.41) is 9.46. The van der Waals surface area contributed by atoms with Gasteiger partial charge in [0.15, 0.2) is 0 Å². The number of likely N-dealkylation sites (tertiary alicyclic amines) is 1. The summed E-state index contributed by atoms with van der Waals surface area (Å²) in [7, 11) is 0. The van der Waals surface area contributed by atoms with E-state index in [1.165, 1.54) is 5.56 Å². The van der Waals surface area contributed by atoms with Gasteiger partial charge < -0.3 is 9.84 Å². The Labute approximate surface area is 187 Å². The molecule has 1 atom stereocenters. The maximum absolute atomic E-state index is 13.0. The molecule has 1 N–H and O–H groups in total. The van der Waals surface area contributed by atoms with Gasteiger partial charge in [0.2, 0.25) is 17.6 Å². The largest absolute Gasteiger partial charge is 0.338 e. The minimum Gasteiger partial charge on any atom is -0.338 e. The molecule has 32 heavy (non-hydrogen) atoms. The van der Waals surface area contributed by atoms with E-state index in [0.717, 1.165) is 41.4 Å². The molecule has 1 fully saturated rings. The van der Waals surface area contributed by atoms with Gasteiger partial charge in [-0.1, -0.05) is 71.4 Å². The van der Waals surface area contributed by atoms with Crippen LogP contribution in [-0.4, -0.2) is 34.0 Å². The number of rotatable bonds is 5. The maximum atomic E-state index is 13.0. The first kappa shape index (κ1) is 20.4. The molecule has 0 aliphatic carbocycles. The smallest absolute Gasteiger partial charge is 0.241 e. The molecule has 0 spiro atoms. The van der Waals surface area contributed by atoms with Crippen LogP contribution in [0.1, 0.15) is 24.3 Å². The van der Waals surface area contributed by atoms with E-state index in [-0.39, 0.29) is 11.8 Å². The standard InChI is InChI=1S/C26H26N4O2/c1-18-11-13-20(14-12-18)25-28-24(32-29-25)17-30-15-5-8-21(16-30)26(31)27-23-10-4-7-19-6-2-3-9-22(19)23/h2-4,6-7,9-14,21H,5,8,15-17H2,1H3,(H,27,31). The lowest BCUT2D eigenvalue weighted by Crippen LogP contribution is -2.40. The molecular formula is C26H26N4O2. The lowest BCUT2D eigenvalue weighted by molar-refractivity contribution is -0.121.